The van der Waals surface area contributed by atoms with Crippen molar-refractivity contribution in [2.45, 2.75) is 17.9 Å². The topological polar surface area (TPSA) is 59.1 Å². The minimum Gasteiger partial charge on any atom is -0.375 e. The Kier molecular flexibility index (Phi) is 3.86. The van der Waals surface area contributed by atoms with Gasteiger partial charge in [-0.2, -0.15) is 0 Å². The summed E-state index contributed by atoms with van der Waals surface area (Å²) in [7, 11) is -3.35. The Morgan fingerprint density at radius 2 is 2.16 bits per heavy atom. The molecule has 1 N–H and O–H groups in total. The monoisotopic (exact) mass is 300 g/mol. The van der Waals surface area contributed by atoms with E-state index in [1.54, 1.807) is 11.7 Å². The van der Waals surface area contributed by atoms with Crippen molar-refractivity contribution < 1.29 is 12.8 Å². The summed E-state index contributed by atoms with van der Waals surface area (Å²) in [6.07, 6.45) is 2.79. The second-order valence-corrected chi connectivity index (χ2v) is 7.12. The number of thiazole rings is 1. The number of hydrogen-bond donors (Lipinski definition) is 1. The first-order valence-electron chi connectivity index (χ1n) is 5.52. The molecule has 1 aromatic heterocycles. The van der Waals surface area contributed by atoms with Gasteiger partial charge in [0.2, 0.25) is 0 Å². The van der Waals surface area contributed by atoms with Crippen LogP contribution in [0.3, 0.4) is 0 Å². The number of hydrogen-bond acceptors (Lipinski definition) is 5. The van der Waals surface area contributed by atoms with Gasteiger partial charge >= 0.3 is 0 Å². The maximum atomic E-state index is 13.7. The van der Waals surface area contributed by atoms with Crippen LogP contribution in [0.25, 0.3) is 0 Å². The van der Waals surface area contributed by atoms with Crippen LogP contribution in [-0.2, 0) is 9.84 Å². The summed E-state index contributed by atoms with van der Waals surface area (Å²) < 4.78 is 36.6. The molecule has 0 aliphatic heterocycles. The van der Waals surface area contributed by atoms with Crippen molar-refractivity contribution in [1.29, 1.82) is 0 Å². The Morgan fingerprint density at radius 3 is 2.74 bits per heavy atom. The molecule has 19 heavy (non-hydrogen) atoms. The van der Waals surface area contributed by atoms with Crippen LogP contribution in [0.15, 0.2) is 34.8 Å². The summed E-state index contributed by atoms with van der Waals surface area (Å²) >= 11 is 1.45. The Morgan fingerprint density at radius 1 is 1.42 bits per heavy atom. The van der Waals surface area contributed by atoms with Gasteiger partial charge in [-0.15, -0.1) is 11.3 Å². The maximum absolute atomic E-state index is 13.7. The lowest BCUT2D eigenvalue weighted by Gasteiger charge is -2.14. The fourth-order valence-corrected chi connectivity index (χ4v) is 2.86. The van der Waals surface area contributed by atoms with Crippen LogP contribution in [0, 0.1) is 5.82 Å². The molecule has 0 bridgehead atoms. The minimum atomic E-state index is -3.35. The molecule has 0 saturated carbocycles. The smallest absolute Gasteiger partial charge is 0.175 e. The SMILES string of the molecule is CC(Nc1cc(S(C)(=O)=O)ccc1F)c1cncs1. The molecule has 2 aromatic rings. The van der Waals surface area contributed by atoms with Crippen molar-refractivity contribution in [2.24, 2.45) is 0 Å². The molecule has 102 valence electrons. The van der Waals surface area contributed by atoms with Gasteiger partial charge in [-0.3, -0.25) is 4.98 Å². The van der Waals surface area contributed by atoms with Crippen LogP contribution in [0.4, 0.5) is 10.1 Å². The van der Waals surface area contributed by atoms with Gasteiger partial charge in [-0.25, -0.2) is 12.8 Å². The van der Waals surface area contributed by atoms with Gasteiger partial charge in [0.15, 0.2) is 9.84 Å². The molecule has 0 aliphatic rings. The van der Waals surface area contributed by atoms with Gasteiger partial charge < -0.3 is 5.32 Å². The molecule has 0 amide bonds. The van der Waals surface area contributed by atoms with E-state index < -0.39 is 15.7 Å². The number of nitrogens with one attached hydrogen (secondary N) is 1. The summed E-state index contributed by atoms with van der Waals surface area (Å²) in [5, 5.41) is 2.96. The molecule has 1 atom stereocenters. The second-order valence-electron chi connectivity index (χ2n) is 4.18. The average molecular weight is 300 g/mol. The highest BCUT2D eigenvalue weighted by Gasteiger charge is 2.14. The van der Waals surface area contributed by atoms with Crippen molar-refractivity contribution >= 4 is 26.9 Å². The summed E-state index contributed by atoms with van der Waals surface area (Å²) in [5.41, 5.74) is 1.86. The molecular weight excluding hydrogens is 287 g/mol. The van der Waals surface area contributed by atoms with Crippen LogP contribution < -0.4 is 5.32 Å². The molecule has 0 fully saturated rings. The van der Waals surface area contributed by atoms with Gasteiger partial charge in [0.25, 0.3) is 0 Å². The molecule has 0 saturated heterocycles. The number of benzene rings is 1. The molecule has 0 aliphatic carbocycles. The first kappa shape index (κ1) is 14.0. The maximum Gasteiger partial charge on any atom is 0.175 e. The molecule has 0 radical (unpaired) electrons. The van der Waals surface area contributed by atoms with E-state index in [0.29, 0.717) is 0 Å². The first-order chi connectivity index (χ1) is 8.88. The number of halogens is 1. The number of nitrogens with zero attached hydrogens (tertiary/aromatic N) is 1. The van der Waals surface area contributed by atoms with Crippen LogP contribution in [0.5, 0.6) is 0 Å². The average Bonchev–Trinajstić information content (AvgIpc) is 2.84. The third-order valence-corrected chi connectivity index (χ3v) is 4.68. The fourth-order valence-electron chi connectivity index (χ4n) is 1.59. The van der Waals surface area contributed by atoms with Crippen molar-refractivity contribution in [1.82, 2.24) is 4.98 Å². The number of rotatable bonds is 4. The molecular formula is C12H13FN2O2S2. The number of sulfone groups is 1. The summed E-state index contributed by atoms with van der Waals surface area (Å²) in [6.45, 7) is 1.86. The standard InChI is InChI=1S/C12H13FN2O2S2/c1-8(12-6-14-7-18-12)15-11-5-9(19(2,16)17)3-4-10(11)13/h3-8,15H,1-2H3. The third-order valence-electron chi connectivity index (χ3n) is 2.62. The molecule has 1 unspecified atom stereocenters. The van der Waals surface area contributed by atoms with Crippen molar-refractivity contribution in [3.63, 3.8) is 0 Å². The predicted molar refractivity (Wildman–Crippen MR) is 73.7 cm³/mol. The van der Waals surface area contributed by atoms with E-state index in [0.717, 1.165) is 17.2 Å². The fraction of sp³-hybridized carbons (Fsp3) is 0.250. The van der Waals surface area contributed by atoms with E-state index in [4.69, 9.17) is 0 Å². The molecule has 1 aromatic carbocycles. The van der Waals surface area contributed by atoms with Gasteiger partial charge in [0.05, 0.1) is 22.1 Å². The van der Waals surface area contributed by atoms with Gasteiger partial charge in [-0.1, -0.05) is 0 Å². The number of aromatic nitrogens is 1. The van der Waals surface area contributed by atoms with Crippen molar-refractivity contribution in [3.05, 3.63) is 40.6 Å². The Balaban J connectivity index is 2.30. The quantitative estimate of drug-likeness (QED) is 0.882. The predicted octanol–water partition coefficient (Wildman–Crippen LogP) is 2.86. The summed E-state index contributed by atoms with van der Waals surface area (Å²) in [4.78, 5) is 4.99. The van der Waals surface area contributed by atoms with E-state index in [-0.39, 0.29) is 16.6 Å². The lowest BCUT2D eigenvalue weighted by atomic mass is 10.2. The first-order valence-corrected chi connectivity index (χ1v) is 8.29. The van der Waals surface area contributed by atoms with Crippen molar-refractivity contribution in [3.8, 4) is 0 Å². The Labute approximate surface area is 115 Å². The highest BCUT2D eigenvalue weighted by molar-refractivity contribution is 7.90. The zero-order valence-corrected chi connectivity index (χ0v) is 12.1. The molecule has 0 spiro atoms. The van der Waals surface area contributed by atoms with E-state index in [9.17, 15) is 12.8 Å². The van der Waals surface area contributed by atoms with Gasteiger partial charge in [0.1, 0.15) is 5.82 Å². The Hall–Kier alpha value is -1.47. The molecule has 4 nitrogen and oxygen atoms in total. The van der Waals surface area contributed by atoms with Crippen LogP contribution >= 0.6 is 11.3 Å². The van der Waals surface area contributed by atoms with Crippen LogP contribution in [-0.4, -0.2) is 19.7 Å². The molecule has 2 rings (SSSR count). The Bertz CT molecular complexity index is 669. The molecule has 1 heterocycles. The summed E-state index contributed by atoms with van der Waals surface area (Å²) in [5.74, 6) is -0.483. The zero-order chi connectivity index (χ0) is 14.0. The van der Waals surface area contributed by atoms with Crippen LogP contribution in [0.1, 0.15) is 17.8 Å². The largest absolute Gasteiger partial charge is 0.375 e. The zero-order valence-electron chi connectivity index (χ0n) is 10.4. The van der Waals surface area contributed by atoms with Gasteiger partial charge in [0, 0.05) is 17.3 Å². The van der Waals surface area contributed by atoms with Crippen molar-refractivity contribution in [2.75, 3.05) is 11.6 Å². The lowest BCUT2D eigenvalue weighted by molar-refractivity contribution is 0.600. The van der Waals surface area contributed by atoms with E-state index in [1.807, 2.05) is 6.92 Å². The third kappa shape index (κ3) is 3.30. The van der Waals surface area contributed by atoms with E-state index >= 15 is 0 Å². The highest BCUT2D eigenvalue weighted by Crippen LogP contribution is 2.25. The van der Waals surface area contributed by atoms with E-state index in [1.165, 1.54) is 23.5 Å². The minimum absolute atomic E-state index is 0.0907. The van der Waals surface area contributed by atoms with Gasteiger partial charge in [-0.05, 0) is 25.1 Å². The second kappa shape index (κ2) is 5.26. The number of anilines is 1. The molecule has 7 heteroatoms. The lowest BCUT2D eigenvalue weighted by Crippen LogP contribution is -2.08. The normalized spacial score (nSPS) is 13.2. The highest BCUT2D eigenvalue weighted by atomic mass is 32.2. The summed E-state index contributed by atoms with van der Waals surface area (Å²) in [6, 6.07) is 3.57. The van der Waals surface area contributed by atoms with Crippen LogP contribution in [0.2, 0.25) is 0 Å². The van der Waals surface area contributed by atoms with E-state index in [2.05, 4.69) is 10.3 Å².